The molecule has 20 heavy (non-hydrogen) atoms. The Morgan fingerprint density at radius 1 is 1.25 bits per heavy atom. The lowest BCUT2D eigenvalue weighted by atomic mass is 10.1. The standard InChI is InChI=1S/C16H18BrNO2/c1-11(14-5-3-4-6-15(14)17)18-10-12-7-8-13(20-2)9-16(12)19/h3-9,11,18-19H,10H2,1-2H3/t11-/m0/s1. The van der Waals surface area contributed by atoms with Gasteiger partial charge in [0.2, 0.25) is 0 Å². The Kier molecular flexibility index (Phi) is 5.04. The van der Waals surface area contributed by atoms with E-state index in [2.05, 4.69) is 34.2 Å². The van der Waals surface area contributed by atoms with Crippen LogP contribution < -0.4 is 10.1 Å². The highest BCUT2D eigenvalue weighted by atomic mass is 79.9. The molecule has 0 spiro atoms. The lowest BCUT2D eigenvalue weighted by molar-refractivity contribution is 0.405. The van der Waals surface area contributed by atoms with Crippen molar-refractivity contribution in [2.75, 3.05) is 7.11 Å². The molecule has 0 unspecified atom stereocenters. The molecule has 0 fully saturated rings. The number of hydrogen-bond acceptors (Lipinski definition) is 3. The summed E-state index contributed by atoms with van der Waals surface area (Å²) in [4.78, 5) is 0. The summed E-state index contributed by atoms with van der Waals surface area (Å²) in [5.74, 6) is 0.904. The van der Waals surface area contributed by atoms with Crippen LogP contribution in [-0.4, -0.2) is 12.2 Å². The molecule has 0 heterocycles. The first-order valence-electron chi connectivity index (χ1n) is 6.45. The molecule has 2 N–H and O–H groups in total. The third kappa shape index (κ3) is 3.52. The zero-order valence-corrected chi connectivity index (χ0v) is 13.1. The zero-order valence-electron chi connectivity index (χ0n) is 11.6. The number of nitrogens with one attached hydrogen (secondary N) is 1. The normalized spacial score (nSPS) is 12.2. The summed E-state index contributed by atoms with van der Waals surface area (Å²) in [6, 6.07) is 13.6. The predicted octanol–water partition coefficient (Wildman–Crippen LogP) is 4.01. The fraction of sp³-hybridized carbons (Fsp3) is 0.250. The van der Waals surface area contributed by atoms with Crippen molar-refractivity contribution < 1.29 is 9.84 Å². The van der Waals surface area contributed by atoms with E-state index in [1.807, 2.05) is 30.3 Å². The van der Waals surface area contributed by atoms with E-state index in [9.17, 15) is 5.11 Å². The molecule has 4 heteroatoms. The molecule has 2 aromatic rings. The summed E-state index contributed by atoms with van der Waals surface area (Å²) >= 11 is 3.55. The minimum absolute atomic E-state index is 0.187. The smallest absolute Gasteiger partial charge is 0.123 e. The molecule has 106 valence electrons. The van der Waals surface area contributed by atoms with Crippen LogP contribution in [0.25, 0.3) is 0 Å². The molecule has 3 nitrogen and oxygen atoms in total. The lowest BCUT2D eigenvalue weighted by Gasteiger charge is -2.16. The van der Waals surface area contributed by atoms with Crippen LogP contribution in [-0.2, 0) is 6.54 Å². The number of methoxy groups -OCH3 is 1. The van der Waals surface area contributed by atoms with Crippen molar-refractivity contribution in [1.29, 1.82) is 0 Å². The van der Waals surface area contributed by atoms with Gasteiger partial charge in [-0.15, -0.1) is 0 Å². The zero-order chi connectivity index (χ0) is 14.5. The van der Waals surface area contributed by atoms with Gasteiger partial charge in [0.25, 0.3) is 0 Å². The fourth-order valence-corrected chi connectivity index (χ4v) is 2.65. The summed E-state index contributed by atoms with van der Waals surface area (Å²) in [7, 11) is 1.59. The molecule has 0 aliphatic carbocycles. The predicted molar refractivity (Wildman–Crippen MR) is 84.1 cm³/mol. The molecule has 1 atom stereocenters. The van der Waals surface area contributed by atoms with Gasteiger partial charge in [-0.1, -0.05) is 40.2 Å². The van der Waals surface area contributed by atoms with E-state index in [1.54, 1.807) is 13.2 Å². The highest BCUT2D eigenvalue weighted by Crippen LogP contribution is 2.26. The summed E-state index contributed by atoms with van der Waals surface area (Å²) in [5, 5.41) is 13.3. The third-order valence-corrected chi connectivity index (χ3v) is 3.99. The molecule has 0 bridgehead atoms. The van der Waals surface area contributed by atoms with Gasteiger partial charge in [0.05, 0.1) is 7.11 Å². The van der Waals surface area contributed by atoms with Gasteiger partial charge in [-0.3, -0.25) is 0 Å². The van der Waals surface area contributed by atoms with E-state index in [4.69, 9.17) is 4.74 Å². The number of aromatic hydroxyl groups is 1. The van der Waals surface area contributed by atoms with Gasteiger partial charge in [0, 0.05) is 28.7 Å². The number of phenols is 1. The summed E-state index contributed by atoms with van der Waals surface area (Å²) < 4.78 is 6.16. The second-order valence-corrected chi connectivity index (χ2v) is 5.47. The van der Waals surface area contributed by atoms with Crippen LogP contribution in [0.1, 0.15) is 24.1 Å². The Balaban J connectivity index is 2.04. The second-order valence-electron chi connectivity index (χ2n) is 4.62. The molecule has 2 aromatic carbocycles. The van der Waals surface area contributed by atoms with Crippen molar-refractivity contribution >= 4 is 15.9 Å². The number of halogens is 1. The molecule has 0 amide bonds. The SMILES string of the molecule is COc1ccc(CN[C@@H](C)c2ccccc2Br)c(O)c1. The maximum atomic E-state index is 9.93. The van der Waals surface area contributed by atoms with Gasteiger partial charge in [-0.05, 0) is 24.6 Å². The van der Waals surface area contributed by atoms with Crippen LogP contribution in [0.5, 0.6) is 11.5 Å². The summed E-state index contributed by atoms with van der Waals surface area (Å²) in [5.41, 5.74) is 2.05. The van der Waals surface area contributed by atoms with Crippen molar-refractivity contribution in [3.05, 3.63) is 58.1 Å². The van der Waals surface area contributed by atoms with Gasteiger partial charge >= 0.3 is 0 Å². The second kappa shape index (κ2) is 6.77. The molecule has 0 aromatic heterocycles. The summed E-state index contributed by atoms with van der Waals surface area (Å²) in [6.45, 7) is 2.69. The van der Waals surface area contributed by atoms with E-state index < -0.39 is 0 Å². The van der Waals surface area contributed by atoms with Crippen molar-refractivity contribution in [2.45, 2.75) is 19.5 Å². The van der Waals surface area contributed by atoms with Crippen LogP contribution >= 0.6 is 15.9 Å². The molecule has 0 saturated heterocycles. The number of rotatable bonds is 5. The van der Waals surface area contributed by atoms with Crippen LogP contribution in [0.4, 0.5) is 0 Å². The Morgan fingerprint density at radius 2 is 2.00 bits per heavy atom. The van der Waals surface area contributed by atoms with Gasteiger partial charge in [-0.2, -0.15) is 0 Å². The van der Waals surface area contributed by atoms with Crippen LogP contribution in [0, 0.1) is 0 Å². The minimum atomic E-state index is 0.187. The maximum absolute atomic E-state index is 9.93. The van der Waals surface area contributed by atoms with Gasteiger partial charge in [0.1, 0.15) is 11.5 Å². The molecular formula is C16H18BrNO2. The van der Waals surface area contributed by atoms with Crippen LogP contribution in [0.2, 0.25) is 0 Å². The quantitative estimate of drug-likeness (QED) is 0.867. The number of benzene rings is 2. The van der Waals surface area contributed by atoms with Crippen molar-refractivity contribution in [2.24, 2.45) is 0 Å². The fourth-order valence-electron chi connectivity index (χ4n) is 2.02. The molecule has 2 rings (SSSR count). The Bertz CT molecular complexity index is 586. The highest BCUT2D eigenvalue weighted by molar-refractivity contribution is 9.10. The van der Waals surface area contributed by atoms with Crippen LogP contribution in [0.15, 0.2) is 46.9 Å². The summed E-state index contributed by atoms with van der Waals surface area (Å²) in [6.07, 6.45) is 0. The van der Waals surface area contributed by atoms with E-state index in [1.165, 1.54) is 5.56 Å². The van der Waals surface area contributed by atoms with Crippen molar-refractivity contribution in [3.8, 4) is 11.5 Å². The number of phenolic OH excluding ortho intramolecular Hbond substituents is 1. The van der Waals surface area contributed by atoms with E-state index in [-0.39, 0.29) is 11.8 Å². The van der Waals surface area contributed by atoms with E-state index in [0.717, 1.165) is 10.0 Å². The first-order chi connectivity index (χ1) is 9.61. The number of ether oxygens (including phenoxy) is 1. The maximum Gasteiger partial charge on any atom is 0.123 e. The van der Waals surface area contributed by atoms with Crippen molar-refractivity contribution in [3.63, 3.8) is 0 Å². The Morgan fingerprint density at radius 3 is 2.65 bits per heavy atom. The van der Waals surface area contributed by atoms with Crippen LogP contribution in [0.3, 0.4) is 0 Å². The van der Waals surface area contributed by atoms with E-state index in [0.29, 0.717) is 12.3 Å². The molecule has 0 aliphatic heterocycles. The largest absolute Gasteiger partial charge is 0.507 e. The Labute approximate surface area is 127 Å². The molecular weight excluding hydrogens is 318 g/mol. The minimum Gasteiger partial charge on any atom is -0.507 e. The lowest BCUT2D eigenvalue weighted by Crippen LogP contribution is -2.18. The van der Waals surface area contributed by atoms with E-state index >= 15 is 0 Å². The topological polar surface area (TPSA) is 41.5 Å². The molecule has 0 saturated carbocycles. The van der Waals surface area contributed by atoms with Gasteiger partial charge in [-0.25, -0.2) is 0 Å². The average molecular weight is 336 g/mol. The van der Waals surface area contributed by atoms with Gasteiger partial charge < -0.3 is 15.2 Å². The van der Waals surface area contributed by atoms with Crippen molar-refractivity contribution in [1.82, 2.24) is 5.32 Å². The molecule has 0 radical (unpaired) electrons. The number of hydrogen-bond donors (Lipinski definition) is 2. The molecule has 0 aliphatic rings. The first-order valence-corrected chi connectivity index (χ1v) is 7.25. The average Bonchev–Trinajstić information content (AvgIpc) is 2.46. The Hall–Kier alpha value is -1.52. The van der Waals surface area contributed by atoms with Gasteiger partial charge in [0.15, 0.2) is 0 Å². The highest BCUT2D eigenvalue weighted by Gasteiger charge is 2.09. The monoisotopic (exact) mass is 335 g/mol. The first kappa shape index (κ1) is 14.9. The third-order valence-electron chi connectivity index (χ3n) is 3.26.